The van der Waals surface area contributed by atoms with Gasteiger partial charge in [-0.1, -0.05) is 6.92 Å². The maximum Gasteiger partial charge on any atom is 0.0388 e. The molecule has 0 heterocycles. The molecule has 3 heteroatoms. The second-order valence-corrected chi connectivity index (χ2v) is 3.10. The van der Waals surface area contributed by atoms with Crippen LogP contribution in [0, 0.1) is 0 Å². The van der Waals surface area contributed by atoms with Crippen molar-refractivity contribution in [2.45, 2.75) is 32.1 Å². The highest BCUT2D eigenvalue weighted by Gasteiger charge is 2.06. The molecule has 0 aliphatic rings. The Hall–Kier alpha value is 0.540. The lowest BCUT2D eigenvalue weighted by Gasteiger charge is -2.09. The zero-order valence-electron chi connectivity index (χ0n) is 5.70. The van der Waals surface area contributed by atoms with Gasteiger partial charge in [-0.15, -0.1) is 24.0 Å². The Morgan fingerprint density at radius 3 is 1.50 bits per heavy atom. The quantitative estimate of drug-likeness (QED) is 0.588. The minimum atomic E-state index is 0. The Kier molecular flexibility index (Phi) is 11.2. The fourth-order valence-electron chi connectivity index (χ4n) is 0. The summed E-state index contributed by atoms with van der Waals surface area (Å²) in [4.78, 5) is 0.0139. The van der Waals surface area contributed by atoms with Crippen LogP contribution in [-0.2, 0) is 0 Å². The normalized spacial score (nSPS) is 9.00. The third-order valence-electron chi connectivity index (χ3n) is 0.841. The first-order chi connectivity index (χ1) is 2.56. The van der Waals surface area contributed by atoms with E-state index in [4.69, 9.17) is 11.6 Å². The lowest BCUT2D eigenvalue weighted by atomic mass is 10.1. The average Bonchev–Trinajstić information content (AvgIpc) is 1.35. The van der Waals surface area contributed by atoms with Crippen molar-refractivity contribution in [1.29, 1.82) is 0 Å². The number of halogens is 2. The van der Waals surface area contributed by atoms with E-state index in [2.05, 4.69) is 6.92 Å². The van der Waals surface area contributed by atoms with Crippen LogP contribution in [0.1, 0.15) is 27.2 Å². The number of hydrogen-bond donors (Lipinski definition) is 1. The highest BCUT2D eigenvalue weighted by atomic mass is 35.5. The zero-order valence-corrected chi connectivity index (χ0v) is 7.27. The van der Waals surface area contributed by atoms with Gasteiger partial charge in [-0.2, -0.15) is 0 Å². The third-order valence-corrected chi connectivity index (χ3v) is 1.11. The second-order valence-electron chi connectivity index (χ2n) is 2.07. The smallest absolute Gasteiger partial charge is 0.0388 e. The molecular weight excluding hydrogens is 145 g/mol. The minimum Gasteiger partial charge on any atom is -0.344 e. The number of alkyl halides is 1. The first-order valence-electron chi connectivity index (χ1n) is 2.25. The molecule has 8 heavy (non-hydrogen) atoms. The van der Waals surface area contributed by atoms with E-state index >= 15 is 0 Å². The molecule has 0 saturated heterocycles. The Bertz CT molecular complexity index is 40.2. The molecule has 1 nitrogen and oxygen atoms in total. The molecular formula is C5H15Cl2N. The molecule has 0 aliphatic heterocycles. The summed E-state index contributed by atoms with van der Waals surface area (Å²) in [5.74, 6) is 0. The van der Waals surface area contributed by atoms with Crippen LogP contribution in [-0.4, -0.2) is 4.87 Å². The molecule has 0 unspecified atom stereocenters. The maximum absolute atomic E-state index is 5.72. The van der Waals surface area contributed by atoms with E-state index in [1.54, 1.807) is 0 Å². The molecule has 0 aromatic heterocycles. The van der Waals surface area contributed by atoms with Gasteiger partial charge in [-0.3, -0.25) is 0 Å². The van der Waals surface area contributed by atoms with Gasteiger partial charge in [0.25, 0.3) is 0 Å². The van der Waals surface area contributed by atoms with Gasteiger partial charge in [0.2, 0.25) is 0 Å². The van der Waals surface area contributed by atoms with Gasteiger partial charge in [-0.05, 0) is 20.3 Å². The summed E-state index contributed by atoms with van der Waals surface area (Å²) in [6, 6.07) is 0. The maximum atomic E-state index is 5.72. The Morgan fingerprint density at radius 2 is 1.50 bits per heavy atom. The van der Waals surface area contributed by atoms with Crippen LogP contribution in [0.4, 0.5) is 0 Å². The summed E-state index contributed by atoms with van der Waals surface area (Å²) in [5, 5.41) is 0. The van der Waals surface area contributed by atoms with Gasteiger partial charge in [0.05, 0.1) is 0 Å². The van der Waals surface area contributed by atoms with Crippen LogP contribution in [0.5, 0.6) is 0 Å². The van der Waals surface area contributed by atoms with E-state index in [0.717, 1.165) is 6.42 Å². The lowest BCUT2D eigenvalue weighted by molar-refractivity contribution is 0.671. The standard InChI is InChI=1S/C5H11Cl.ClH.H3N/c1-4-5(2,3)6;;/h4H2,1-3H3;1H;1H3. The zero-order chi connectivity index (χ0) is 5.21. The van der Waals surface area contributed by atoms with Gasteiger partial charge < -0.3 is 6.15 Å². The summed E-state index contributed by atoms with van der Waals surface area (Å²) >= 11 is 5.72. The lowest BCUT2D eigenvalue weighted by Crippen LogP contribution is -2.05. The van der Waals surface area contributed by atoms with Crippen LogP contribution in [0.25, 0.3) is 0 Å². The van der Waals surface area contributed by atoms with Crippen LogP contribution < -0.4 is 6.15 Å². The highest BCUT2D eigenvalue weighted by Crippen LogP contribution is 2.15. The van der Waals surface area contributed by atoms with Gasteiger partial charge >= 0.3 is 0 Å². The molecule has 0 aliphatic carbocycles. The first kappa shape index (κ1) is 15.8. The summed E-state index contributed by atoms with van der Waals surface area (Å²) < 4.78 is 0. The molecule has 0 aromatic carbocycles. The second kappa shape index (κ2) is 5.67. The van der Waals surface area contributed by atoms with Gasteiger partial charge in [0.15, 0.2) is 0 Å². The van der Waals surface area contributed by atoms with Crippen molar-refractivity contribution in [3.8, 4) is 0 Å². The Labute approximate surface area is 62.8 Å². The van der Waals surface area contributed by atoms with Crippen molar-refractivity contribution < 1.29 is 0 Å². The summed E-state index contributed by atoms with van der Waals surface area (Å²) in [5.41, 5.74) is 0. The van der Waals surface area contributed by atoms with E-state index < -0.39 is 0 Å². The first-order valence-corrected chi connectivity index (χ1v) is 2.63. The average molecular weight is 160 g/mol. The van der Waals surface area contributed by atoms with Crippen molar-refractivity contribution in [2.75, 3.05) is 0 Å². The third kappa shape index (κ3) is 16.0. The monoisotopic (exact) mass is 159 g/mol. The van der Waals surface area contributed by atoms with Crippen LogP contribution >= 0.6 is 24.0 Å². The molecule has 54 valence electrons. The van der Waals surface area contributed by atoms with E-state index in [1.165, 1.54) is 0 Å². The highest BCUT2D eigenvalue weighted by molar-refractivity contribution is 6.23. The van der Waals surface area contributed by atoms with Crippen molar-refractivity contribution in [2.24, 2.45) is 0 Å². The van der Waals surface area contributed by atoms with Gasteiger partial charge in [-0.25, -0.2) is 0 Å². The largest absolute Gasteiger partial charge is 0.344 e. The molecule has 0 saturated carbocycles. The fraction of sp³-hybridized carbons (Fsp3) is 1.00. The SMILES string of the molecule is CCC(C)(C)Cl.Cl.N. The molecule has 0 radical (unpaired) electrons. The Balaban J connectivity index is -0.000000125. The summed E-state index contributed by atoms with van der Waals surface area (Å²) in [6.07, 6.45) is 1.04. The predicted molar refractivity (Wildman–Crippen MR) is 42.5 cm³/mol. The van der Waals surface area contributed by atoms with Crippen LogP contribution in [0.2, 0.25) is 0 Å². The van der Waals surface area contributed by atoms with Gasteiger partial charge in [0.1, 0.15) is 0 Å². The van der Waals surface area contributed by atoms with Crippen LogP contribution in [0.3, 0.4) is 0 Å². The number of rotatable bonds is 1. The van der Waals surface area contributed by atoms with Crippen molar-refractivity contribution in [1.82, 2.24) is 6.15 Å². The minimum absolute atomic E-state index is 0. The predicted octanol–water partition coefficient (Wildman–Crippen LogP) is 3.00. The topological polar surface area (TPSA) is 35.0 Å². The van der Waals surface area contributed by atoms with E-state index in [9.17, 15) is 0 Å². The molecule has 0 spiro atoms. The summed E-state index contributed by atoms with van der Waals surface area (Å²) in [6.45, 7) is 6.09. The van der Waals surface area contributed by atoms with Crippen LogP contribution in [0.15, 0.2) is 0 Å². The molecule has 0 amide bonds. The Morgan fingerprint density at radius 1 is 1.38 bits per heavy atom. The van der Waals surface area contributed by atoms with Crippen molar-refractivity contribution >= 4 is 24.0 Å². The van der Waals surface area contributed by atoms with E-state index in [1.807, 2.05) is 13.8 Å². The molecule has 0 aromatic rings. The van der Waals surface area contributed by atoms with Crippen molar-refractivity contribution in [3.63, 3.8) is 0 Å². The summed E-state index contributed by atoms with van der Waals surface area (Å²) in [7, 11) is 0. The number of hydrogen-bond acceptors (Lipinski definition) is 1. The van der Waals surface area contributed by atoms with E-state index in [-0.39, 0.29) is 23.4 Å². The molecule has 0 rings (SSSR count). The molecule has 3 N–H and O–H groups in total. The molecule has 0 bridgehead atoms. The molecule has 0 fully saturated rings. The van der Waals surface area contributed by atoms with Crippen molar-refractivity contribution in [3.05, 3.63) is 0 Å². The fourth-order valence-corrected chi connectivity index (χ4v) is 0. The van der Waals surface area contributed by atoms with Gasteiger partial charge in [0, 0.05) is 4.87 Å². The van der Waals surface area contributed by atoms with E-state index in [0.29, 0.717) is 0 Å². The molecule has 0 atom stereocenters.